The number of carboxylic acids is 1. The van der Waals surface area contributed by atoms with E-state index in [0.29, 0.717) is 18.9 Å². The fourth-order valence-corrected chi connectivity index (χ4v) is 2.06. The standard InChI is InChI=1S/C15H30N2O3/c1-11(2)16-8-6-7-13(18)17-12(9-14(19)20)10-15(3,4)5/h11-12,16H,6-10H2,1-5H3,(H,17,18)(H,19,20). The number of rotatable bonds is 9. The van der Waals surface area contributed by atoms with E-state index in [1.54, 1.807) is 0 Å². The number of amides is 1. The number of carbonyl (C=O) groups excluding carboxylic acids is 1. The third kappa shape index (κ3) is 12.0. The van der Waals surface area contributed by atoms with Crippen molar-refractivity contribution in [2.45, 2.75) is 72.4 Å². The summed E-state index contributed by atoms with van der Waals surface area (Å²) in [6, 6.07) is 0.122. The van der Waals surface area contributed by atoms with Crippen LogP contribution in [0.4, 0.5) is 0 Å². The average Bonchev–Trinajstić information content (AvgIpc) is 2.20. The fraction of sp³-hybridized carbons (Fsp3) is 0.867. The van der Waals surface area contributed by atoms with E-state index in [-0.39, 0.29) is 23.8 Å². The molecule has 0 saturated carbocycles. The molecule has 0 rings (SSSR count). The molecule has 1 atom stereocenters. The van der Waals surface area contributed by atoms with Gasteiger partial charge in [0.25, 0.3) is 0 Å². The minimum Gasteiger partial charge on any atom is -0.481 e. The van der Waals surface area contributed by atoms with Crippen LogP contribution in [0.5, 0.6) is 0 Å². The Morgan fingerprint density at radius 1 is 1.20 bits per heavy atom. The summed E-state index contributed by atoms with van der Waals surface area (Å²) in [5.41, 5.74) is -0.00735. The van der Waals surface area contributed by atoms with Gasteiger partial charge in [-0.3, -0.25) is 9.59 Å². The van der Waals surface area contributed by atoms with Crippen LogP contribution < -0.4 is 10.6 Å². The first kappa shape index (κ1) is 18.9. The van der Waals surface area contributed by atoms with E-state index in [1.165, 1.54) is 0 Å². The predicted octanol–water partition coefficient (Wildman–Crippen LogP) is 2.16. The number of aliphatic carboxylic acids is 1. The Bertz CT molecular complexity index is 309. The first-order chi connectivity index (χ1) is 9.10. The molecule has 1 unspecified atom stereocenters. The van der Waals surface area contributed by atoms with E-state index in [4.69, 9.17) is 5.11 Å². The van der Waals surface area contributed by atoms with Gasteiger partial charge in [0.15, 0.2) is 0 Å². The molecule has 0 spiro atoms. The number of carbonyl (C=O) groups is 2. The zero-order chi connectivity index (χ0) is 15.8. The lowest BCUT2D eigenvalue weighted by atomic mass is 9.87. The van der Waals surface area contributed by atoms with Crippen molar-refractivity contribution in [2.24, 2.45) is 5.41 Å². The van der Waals surface area contributed by atoms with Crippen LogP contribution in [0.1, 0.15) is 60.3 Å². The lowest BCUT2D eigenvalue weighted by Gasteiger charge is -2.25. The second-order valence-electron chi connectivity index (χ2n) is 6.84. The lowest BCUT2D eigenvalue weighted by molar-refractivity contribution is -0.137. The van der Waals surface area contributed by atoms with Gasteiger partial charge in [-0.2, -0.15) is 0 Å². The van der Waals surface area contributed by atoms with Crippen LogP contribution in [-0.4, -0.2) is 35.6 Å². The van der Waals surface area contributed by atoms with Gasteiger partial charge in [0.1, 0.15) is 0 Å². The van der Waals surface area contributed by atoms with Crippen LogP contribution in [0.3, 0.4) is 0 Å². The molecular formula is C15H30N2O3. The fourth-order valence-electron chi connectivity index (χ4n) is 2.06. The highest BCUT2D eigenvalue weighted by molar-refractivity contribution is 5.77. The highest BCUT2D eigenvalue weighted by Gasteiger charge is 2.22. The van der Waals surface area contributed by atoms with Gasteiger partial charge in [-0.15, -0.1) is 0 Å². The Balaban J connectivity index is 4.15. The Kier molecular flexibility index (Phi) is 8.46. The molecule has 0 radical (unpaired) electrons. The van der Waals surface area contributed by atoms with Crippen molar-refractivity contribution in [1.29, 1.82) is 0 Å². The SMILES string of the molecule is CC(C)NCCCC(=O)NC(CC(=O)O)CC(C)(C)C. The van der Waals surface area contributed by atoms with Crippen LogP contribution in [-0.2, 0) is 9.59 Å². The minimum absolute atomic E-state index is 0.00735. The summed E-state index contributed by atoms with van der Waals surface area (Å²) < 4.78 is 0. The monoisotopic (exact) mass is 286 g/mol. The highest BCUT2D eigenvalue weighted by Crippen LogP contribution is 2.22. The zero-order valence-electron chi connectivity index (χ0n) is 13.5. The summed E-state index contributed by atoms with van der Waals surface area (Å²) in [7, 11) is 0. The molecule has 0 bridgehead atoms. The summed E-state index contributed by atoms with van der Waals surface area (Å²) in [4.78, 5) is 22.7. The Morgan fingerprint density at radius 2 is 1.80 bits per heavy atom. The van der Waals surface area contributed by atoms with Crippen molar-refractivity contribution >= 4 is 11.9 Å². The molecule has 5 nitrogen and oxygen atoms in total. The summed E-state index contributed by atoms with van der Waals surface area (Å²) >= 11 is 0. The second-order valence-corrected chi connectivity index (χ2v) is 6.84. The van der Waals surface area contributed by atoms with Crippen molar-refractivity contribution in [1.82, 2.24) is 10.6 Å². The molecule has 0 saturated heterocycles. The van der Waals surface area contributed by atoms with E-state index >= 15 is 0 Å². The van der Waals surface area contributed by atoms with Gasteiger partial charge in [-0.05, 0) is 24.8 Å². The molecule has 0 heterocycles. The van der Waals surface area contributed by atoms with Gasteiger partial charge >= 0.3 is 5.97 Å². The first-order valence-electron chi connectivity index (χ1n) is 7.34. The smallest absolute Gasteiger partial charge is 0.305 e. The van der Waals surface area contributed by atoms with Gasteiger partial charge in [-0.25, -0.2) is 0 Å². The quantitative estimate of drug-likeness (QED) is 0.568. The number of hydrogen-bond acceptors (Lipinski definition) is 3. The third-order valence-electron chi connectivity index (χ3n) is 2.78. The van der Waals surface area contributed by atoms with Gasteiger partial charge in [-0.1, -0.05) is 34.6 Å². The van der Waals surface area contributed by atoms with Gasteiger partial charge < -0.3 is 15.7 Å². The maximum Gasteiger partial charge on any atom is 0.305 e. The van der Waals surface area contributed by atoms with Crippen molar-refractivity contribution in [3.05, 3.63) is 0 Å². The molecule has 0 aromatic rings. The summed E-state index contributed by atoms with van der Waals surface area (Å²) in [6.07, 6.45) is 1.84. The zero-order valence-corrected chi connectivity index (χ0v) is 13.5. The summed E-state index contributed by atoms with van der Waals surface area (Å²) in [5.74, 6) is -0.938. The molecule has 118 valence electrons. The van der Waals surface area contributed by atoms with E-state index in [0.717, 1.165) is 13.0 Å². The van der Waals surface area contributed by atoms with Gasteiger partial charge in [0.05, 0.1) is 6.42 Å². The van der Waals surface area contributed by atoms with Gasteiger partial charge in [0, 0.05) is 18.5 Å². The molecule has 20 heavy (non-hydrogen) atoms. The number of carboxylic acid groups (broad SMARTS) is 1. The molecule has 0 aromatic carbocycles. The predicted molar refractivity (Wildman–Crippen MR) is 80.6 cm³/mol. The molecule has 0 fully saturated rings. The molecular weight excluding hydrogens is 256 g/mol. The molecule has 3 N–H and O–H groups in total. The average molecular weight is 286 g/mol. The van der Waals surface area contributed by atoms with Crippen LogP contribution in [0.15, 0.2) is 0 Å². The number of nitrogens with one attached hydrogen (secondary N) is 2. The normalized spacial score (nSPS) is 13.3. The summed E-state index contributed by atoms with van der Waals surface area (Å²) in [6.45, 7) is 11.0. The largest absolute Gasteiger partial charge is 0.481 e. The van der Waals surface area contributed by atoms with E-state index < -0.39 is 5.97 Å². The van der Waals surface area contributed by atoms with E-state index in [9.17, 15) is 9.59 Å². The molecule has 5 heteroatoms. The van der Waals surface area contributed by atoms with Crippen molar-refractivity contribution in [3.8, 4) is 0 Å². The minimum atomic E-state index is -0.874. The third-order valence-corrected chi connectivity index (χ3v) is 2.78. The highest BCUT2D eigenvalue weighted by atomic mass is 16.4. The Morgan fingerprint density at radius 3 is 2.25 bits per heavy atom. The van der Waals surface area contributed by atoms with Gasteiger partial charge in [0.2, 0.25) is 5.91 Å². The van der Waals surface area contributed by atoms with Crippen LogP contribution in [0.25, 0.3) is 0 Å². The molecule has 0 aromatic heterocycles. The molecule has 1 amide bonds. The molecule has 0 aliphatic carbocycles. The van der Waals surface area contributed by atoms with Crippen molar-refractivity contribution in [2.75, 3.05) is 6.54 Å². The second kappa shape index (κ2) is 8.95. The van der Waals surface area contributed by atoms with E-state index in [1.807, 2.05) is 20.8 Å². The summed E-state index contributed by atoms with van der Waals surface area (Å²) in [5, 5.41) is 15.0. The van der Waals surface area contributed by atoms with Crippen molar-refractivity contribution < 1.29 is 14.7 Å². The van der Waals surface area contributed by atoms with Crippen LogP contribution in [0.2, 0.25) is 0 Å². The van der Waals surface area contributed by atoms with Crippen molar-refractivity contribution in [3.63, 3.8) is 0 Å². The maximum absolute atomic E-state index is 11.8. The lowest BCUT2D eigenvalue weighted by Crippen LogP contribution is -2.39. The van der Waals surface area contributed by atoms with E-state index in [2.05, 4.69) is 24.5 Å². The Hall–Kier alpha value is -1.10. The topological polar surface area (TPSA) is 78.4 Å². The maximum atomic E-state index is 11.8. The van der Waals surface area contributed by atoms with Crippen LogP contribution in [0, 0.1) is 5.41 Å². The molecule has 0 aliphatic heterocycles. The van der Waals surface area contributed by atoms with Crippen LogP contribution >= 0.6 is 0 Å². The first-order valence-corrected chi connectivity index (χ1v) is 7.34. The number of hydrogen-bond donors (Lipinski definition) is 3. The molecule has 0 aliphatic rings. The Labute approximate surface area is 122 Å².